The third-order valence-corrected chi connectivity index (χ3v) is 8.28. The third-order valence-electron chi connectivity index (χ3n) is 7.38. The summed E-state index contributed by atoms with van der Waals surface area (Å²) in [7, 11) is 0. The molecule has 2 aliphatic heterocycles. The van der Waals surface area contributed by atoms with Gasteiger partial charge in [0.05, 0.1) is 0 Å². The van der Waals surface area contributed by atoms with E-state index in [4.69, 9.17) is 47.4 Å². The quantitative estimate of drug-likeness (QED) is 0.114. The Morgan fingerprint density at radius 2 is 1.04 bits per heavy atom. The summed E-state index contributed by atoms with van der Waals surface area (Å²) in [5.41, 5.74) is 0. The van der Waals surface area contributed by atoms with Gasteiger partial charge in [-0.05, 0) is 12.8 Å². The molecule has 2 rings (SSSR count). The van der Waals surface area contributed by atoms with E-state index in [1.807, 2.05) is 0 Å². The normalized spacial score (nSPS) is 28.1. The highest BCUT2D eigenvalue weighted by molar-refractivity contribution is 8.13. The number of hydrogen-bond acceptors (Lipinski definition) is 19. The van der Waals surface area contributed by atoms with Crippen molar-refractivity contribution >= 4 is 58.6 Å². The lowest BCUT2D eigenvalue weighted by atomic mass is 9.94. The molecule has 53 heavy (non-hydrogen) atoms. The van der Waals surface area contributed by atoms with Crippen molar-refractivity contribution in [2.75, 3.05) is 25.6 Å². The maximum Gasteiger partial charge on any atom is 0.303 e. The molecule has 0 aromatic rings. The second-order valence-corrected chi connectivity index (χ2v) is 13.4. The first kappa shape index (κ1) is 45.3. The first-order valence-corrected chi connectivity index (χ1v) is 17.8. The molecule has 0 spiro atoms. The van der Waals surface area contributed by atoms with Crippen LogP contribution in [0.25, 0.3) is 0 Å². The van der Waals surface area contributed by atoms with Crippen LogP contribution in [0.3, 0.4) is 0 Å². The molecule has 0 bridgehead atoms. The molecule has 0 unspecified atom stereocenters. The fourth-order valence-corrected chi connectivity index (χ4v) is 6.15. The fourth-order valence-electron chi connectivity index (χ4n) is 5.51. The van der Waals surface area contributed by atoms with Gasteiger partial charge in [0.15, 0.2) is 42.1 Å². The van der Waals surface area contributed by atoms with Crippen LogP contribution in [-0.4, -0.2) is 134 Å². The zero-order valence-electron chi connectivity index (χ0n) is 31.0. The molecule has 19 nitrogen and oxygen atoms in total. The molecule has 2 aliphatic rings. The van der Waals surface area contributed by atoms with E-state index in [1.165, 1.54) is 25.6 Å². The summed E-state index contributed by atoms with van der Waals surface area (Å²) >= 11 is 1.20. The fraction of sp³-hybridized carbons (Fsp3) is 0.758. The Morgan fingerprint density at radius 3 is 1.55 bits per heavy atom. The van der Waals surface area contributed by atoms with Gasteiger partial charge in [0.25, 0.3) is 0 Å². The Hall–Kier alpha value is -3.85. The molecule has 2 heterocycles. The van der Waals surface area contributed by atoms with Gasteiger partial charge in [0, 0.05) is 67.7 Å². The summed E-state index contributed by atoms with van der Waals surface area (Å²) in [5, 5.41) is 2.66. The highest BCUT2D eigenvalue weighted by Gasteiger charge is 2.57. The zero-order chi connectivity index (χ0) is 39.8. The van der Waals surface area contributed by atoms with Crippen molar-refractivity contribution in [1.82, 2.24) is 5.32 Å². The maximum absolute atomic E-state index is 12.6. The van der Waals surface area contributed by atoms with Crippen LogP contribution in [0.5, 0.6) is 0 Å². The van der Waals surface area contributed by atoms with Crippen molar-refractivity contribution < 1.29 is 85.7 Å². The van der Waals surface area contributed by atoms with Crippen LogP contribution in [0.4, 0.5) is 0 Å². The van der Waals surface area contributed by atoms with Crippen LogP contribution in [-0.2, 0) is 85.7 Å². The van der Waals surface area contributed by atoms with Crippen LogP contribution < -0.4 is 5.32 Å². The largest absolute Gasteiger partial charge is 0.463 e. The Morgan fingerprint density at radius 1 is 0.547 bits per heavy atom. The smallest absolute Gasteiger partial charge is 0.303 e. The van der Waals surface area contributed by atoms with Gasteiger partial charge in [-0.1, -0.05) is 18.2 Å². The molecule has 0 radical (unpaired) electrons. The number of hydrogen-bond donors (Lipinski definition) is 1. The van der Waals surface area contributed by atoms with Gasteiger partial charge in [0.2, 0.25) is 5.91 Å². The summed E-state index contributed by atoms with van der Waals surface area (Å²) < 4.78 is 57.1. The first-order valence-electron chi connectivity index (χ1n) is 16.8. The predicted octanol–water partition coefficient (Wildman–Crippen LogP) is 0.646. The van der Waals surface area contributed by atoms with Gasteiger partial charge in [0.1, 0.15) is 37.6 Å². The number of amides is 1. The topological polar surface area (TPSA) is 241 Å². The molecule has 20 heteroatoms. The Kier molecular flexibility index (Phi) is 19.1. The molecule has 0 aromatic heterocycles. The molecule has 2 saturated heterocycles. The highest BCUT2D eigenvalue weighted by Crippen LogP contribution is 2.35. The minimum absolute atomic E-state index is 0.00550. The van der Waals surface area contributed by atoms with Crippen molar-refractivity contribution in [3.05, 3.63) is 0 Å². The van der Waals surface area contributed by atoms with E-state index in [2.05, 4.69) is 5.32 Å². The van der Waals surface area contributed by atoms with Gasteiger partial charge in [-0.2, -0.15) is 0 Å². The number of nitrogens with one attached hydrogen (secondary N) is 1. The van der Waals surface area contributed by atoms with E-state index in [9.17, 15) is 38.4 Å². The predicted molar refractivity (Wildman–Crippen MR) is 178 cm³/mol. The number of carbonyl (C=O) groups excluding carboxylic acids is 8. The van der Waals surface area contributed by atoms with Gasteiger partial charge in [-0.15, -0.1) is 0 Å². The molecule has 1 amide bonds. The van der Waals surface area contributed by atoms with E-state index < -0.39 is 116 Å². The molecule has 0 aliphatic carbocycles. The number of esters is 6. The minimum atomic E-state index is -1.76. The lowest BCUT2D eigenvalue weighted by Crippen LogP contribution is -2.69. The van der Waals surface area contributed by atoms with Crippen LogP contribution in [0.2, 0.25) is 0 Å². The summed E-state index contributed by atoms with van der Waals surface area (Å²) in [6.45, 7) is 8.24. The van der Waals surface area contributed by atoms with Crippen molar-refractivity contribution in [2.45, 2.75) is 136 Å². The van der Waals surface area contributed by atoms with Crippen LogP contribution in [0.15, 0.2) is 0 Å². The lowest BCUT2D eigenvalue weighted by molar-refractivity contribution is -0.350. The molecule has 0 saturated carbocycles. The highest BCUT2D eigenvalue weighted by atomic mass is 32.2. The summed E-state index contributed by atoms with van der Waals surface area (Å²) in [6.07, 6.45) is -11.5. The van der Waals surface area contributed by atoms with Crippen molar-refractivity contribution in [3.63, 3.8) is 0 Å². The van der Waals surface area contributed by atoms with Crippen molar-refractivity contribution in [1.29, 1.82) is 0 Å². The lowest BCUT2D eigenvalue weighted by Gasteiger charge is -2.49. The average Bonchev–Trinajstić information content (AvgIpc) is 3.02. The van der Waals surface area contributed by atoms with Crippen molar-refractivity contribution in [3.8, 4) is 0 Å². The SMILES string of the molecule is CC(=O)N[C@H]1[C@H](OCCCCCSC(C)=O)O[C@H](COC(C)=O)[C@@H](O[C@@H]2O[C@H](COC(C)=O)[C@H](OC(C)=O)[C@H](OC(C)=O)[C@H]2OC(C)=O)[C@@H]1OC(C)=O. The van der Waals surface area contributed by atoms with Gasteiger partial charge >= 0.3 is 35.8 Å². The van der Waals surface area contributed by atoms with E-state index in [0.29, 0.717) is 18.6 Å². The van der Waals surface area contributed by atoms with E-state index >= 15 is 0 Å². The van der Waals surface area contributed by atoms with E-state index in [1.54, 1.807) is 0 Å². The number of thioether (sulfide) groups is 1. The number of rotatable bonds is 18. The Bertz CT molecular complexity index is 1310. The zero-order valence-corrected chi connectivity index (χ0v) is 31.8. The Labute approximate surface area is 311 Å². The summed E-state index contributed by atoms with van der Waals surface area (Å²) in [6, 6.07) is -1.24. The molecule has 0 aromatic carbocycles. The number of ether oxygens (including phenoxy) is 10. The second-order valence-electron chi connectivity index (χ2n) is 12.1. The number of carbonyl (C=O) groups is 8. The Balaban J connectivity index is 2.60. The summed E-state index contributed by atoms with van der Waals surface area (Å²) in [4.78, 5) is 96.9. The van der Waals surface area contributed by atoms with Gasteiger partial charge < -0.3 is 52.7 Å². The molecular formula is C33H49NO18S. The summed E-state index contributed by atoms with van der Waals surface area (Å²) in [5.74, 6) is -4.86. The second kappa shape index (κ2) is 22.4. The average molecular weight is 780 g/mol. The molecule has 2 fully saturated rings. The monoisotopic (exact) mass is 779 g/mol. The standard InChI is InChI=1S/C33H49NO18S/c1-16(35)34-26-29(47-20(5)39)27(24(14-44-17(2)36)50-32(26)43-12-10-9-11-13-53-23(8)42)52-33-31(49-22(7)41)30(48-21(6)40)28(46-19(4)38)25(51-33)15-45-18(3)37/h24-33H,9-15H2,1-8H3,(H,34,35)/t24-,25-,26-,27-,28+,29-,30+,31-,32-,33+/m1/s1. The van der Waals surface area contributed by atoms with Crippen LogP contribution in [0, 0.1) is 0 Å². The molecule has 1 N–H and O–H groups in total. The third kappa shape index (κ3) is 16.0. The van der Waals surface area contributed by atoms with Gasteiger partial charge in [-0.25, -0.2) is 0 Å². The van der Waals surface area contributed by atoms with Crippen molar-refractivity contribution in [2.24, 2.45) is 0 Å². The maximum atomic E-state index is 12.6. The van der Waals surface area contributed by atoms with E-state index in [-0.39, 0.29) is 11.7 Å². The van der Waals surface area contributed by atoms with Crippen LogP contribution in [0.1, 0.15) is 74.7 Å². The van der Waals surface area contributed by atoms with Crippen LogP contribution >= 0.6 is 11.8 Å². The van der Waals surface area contributed by atoms with Gasteiger partial charge in [-0.3, -0.25) is 38.4 Å². The first-order chi connectivity index (χ1) is 24.9. The molecule has 10 atom stereocenters. The minimum Gasteiger partial charge on any atom is -0.463 e. The number of unbranched alkanes of at least 4 members (excludes halogenated alkanes) is 2. The molecule has 300 valence electrons. The molecular weight excluding hydrogens is 730 g/mol. The van der Waals surface area contributed by atoms with E-state index in [0.717, 1.165) is 48.0 Å².